The topological polar surface area (TPSA) is 43.1 Å². The van der Waals surface area contributed by atoms with Crippen LogP contribution < -0.4 is 9.64 Å². The maximum Gasteiger partial charge on any atom is 0.137 e. The molecular formula is C18H30NO3+. The molecule has 1 aromatic rings. The normalized spacial score (nSPS) is 26.6. The molecule has 4 nitrogen and oxygen atoms in total. The van der Waals surface area contributed by atoms with E-state index in [2.05, 4.69) is 32.9 Å². The molecule has 1 saturated heterocycles. The minimum Gasteiger partial charge on any atom is -0.491 e. The molecular weight excluding hydrogens is 278 g/mol. The van der Waals surface area contributed by atoms with E-state index in [1.54, 1.807) is 0 Å². The average molecular weight is 308 g/mol. The Morgan fingerprint density at radius 3 is 2.45 bits per heavy atom. The summed E-state index contributed by atoms with van der Waals surface area (Å²) in [5.41, 5.74) is 1.33. The van der Waals surface area contributed by atoms with E-state index >= 15 is 0 Å². The third-order valence-electron chi connectivity index (χ3n) is 4.05. The van der Waals surface area contributed by atoms with Crippen LogP contribution in [-0.2, 0) is 11.2 Å². The van der Waals surface area contributed by atoms with Crippen molar-refractivity contribution < 1.29 is 19.5 Å². The Labute approximate surface area is 134 Å². The lowest BCUT2D eigenvalue weighted by Gasteiger charge is -2.33. The lowest BCUT2D eigenvalue weighted by Crippen LogP contribution is -3.16. The van der Waals surface area contributed by atoms with Gasteiger partial charge in [-0.05, 0) is 38.0 Å². The number of nitrogens with one attached hydrogen (secondary N) is 1. The van der Waals surface area contributed by atoms with Gasteiger partial charge in [0.05, 0.1) is 0 Å². The number of hydrogen-bond donors (Lipinski definition) is 2. The van der Waals surface area contributed by atoms with E-state index < -0.39 is 6.10 Å². The Morgan fingerprint density at radius 2 is 1.86 bits per heavy atom. The number of ether oxygens (including phenoxy) is 2. The van der Waals surface area contributed by atoms with Gasteiger partial charge in [0.2, 0.25) is 0 Å². The second kappa shape index (κ2) is 8.51. The van der Waals surface area contributed by atoms with Gasteiger partial charge in [0, 0.05) is 0 Å². The lowest BCUT2D eigenvalue weighted by molar-refractivity contribution is -0.918. The van der Waals surface area contributed by atoms with E-state index in [-0.39, 0.29) is 12.2 Å². The van der Waals surface area contributed by atoms with E-state index in [1.165, 1.54) is 10.5 Å². The summed E-state index contributed by atoms with van der Waals surface area (Å²) in [7, 11) is 0. The minimum atomic E-state index is -0.442. The molecule has 1 aliphatic rings. The predicted molar refractivity (Wildman–Crippen MR) is 87.5 cm³/mol. The molecule has 3 atom stereocenters. The Kier molecular flexibility index (Phi) is 6.68. The number of quaternary nitrogens is 1. The van der Waals surface area contributed by atoms with Crippen LogP contribution in [0.1, 0.15) is 32.8 Å². The van der Waals surface area contributed by atoms with Crippen LogP contribution in [0.25, 0.3) is 0 Å². The quantitative estimate of drug-likeness (QED) is 0.792. The van der Waals surface area contributed by atoms with Crippen molar-refractivity contribution in [2.75, 3.05) is 26.2 Å². The van der Waals surface area contributed by atoms with Crippen LogP contribution in [0.15, 0.2) is 24.3 Å². The smallest absolute Gasteiger partial charge is 0.137 e. The van der Waals surface area contributed by atoms with Crippen molar-refractivity contribution in [1.82, 2.24) is 0 Å². The van der Waals surface area contributed by atoms with E-state index in [4.69, 9.17) is 9.47 Å². The van der Waals surface area contributed by atoms with Gasteiger partial charge in [-0.2, -0.15) is 0 Å². The fraction of sp³-hybridized carbons (Fsp3) is 0.667. The molecule has 2 N–H and O–H groups in total. The van der Waals surface area contributed by atoms with Crippen LogP contribution in [0, 0.1) is 0 Å². The van der Waals surface area contributed by atoms with Gasteiger partial charge in [0.1, 0.15) is 50.3 Å². The molecule has 124 valence electrons. The predicted octanol–water partition coefficient (Wildman–Crippen LogP) is 1.07. The molecule has 2 rings (SSSR count). The highest BCUT2D eigenvalue weighted by Gasteiger charge is 2.27. The molecule has 0 spiro atoms. The van der Waals surface area contributed by atoms with Gasteiger partial charge in [-0.15, -0.1) is 0 Å². The first-order valence-electron chi connectivity index (χ1n) is 8.45. The third kappa shape index (κ3) is 5.59. The fourth-order valence-electron chi connectivity index (χ4n) is 3.18. The molecule has 4 heteroatoms. The number of hydrogen-bond acceptors (Lipinski definition) is 3. The molecule has 1 fully saturated rings. The number of rotatable bonds is 7. The molecule has 22 heavy (non-hydrogen) atoms. The van der Waals surface area contributed by atoms with Gasteiger partial charge < -0.3 is 19.5 Å². The Morgan fingerprint density at radius 1 is 1.23 bits per heavy atom. The van der Waals surface area contributed by atoms with Crippen molar-refractivity contribution in [3.63, 3.8) is 0 Å². The van der Waals surface area contributed by atoms with E-state index in [9.17, 15) is 5.11 Å². The standard InChI is InChI=1S/C18H29NO3/c1-4-5-16-6-8-18(9-7-16)21-13-17(20)12-19-10-14(2)22-15(3)11-19/h6-9,14-15,17,20H,4-5,10-13H2,1-3H3/p+1/t14-,15-,17-/m1/s1. The average Bonchev–Trinajstić information content (AvgIpc) is 2.46. The summed E-state index contributed by atoms with van der Waals surface area (Å²) >= 11 is 0. The van der Waals surface area contributed by atoms with Crippen LogP contribution in [0.5, 0.6) is 5.75 Å². The van der Waals surface area contributed by atoms with Crippen LogP contribution in [0.2, 0.25) is 0 Å². The van der Waals surface area contributed by atoms with Gasteiger partial charge in [0.25, 0.3) is 0 Å². The number of benzene rings is 1. The molecule has 0 bridgehead atoms. The van der Waals surface area contributed by atoms with E-state index in [0.29, 0.717) is 13.2 Å². The highest BCUT2D eigenvalue weighted by Crippen LogP contribution is 2.13. The lowest BCUT2D eigenvalue weighted by atomic mass is 10.1. The van der Waals surface area contributed by atoms with Crippen LogP contribution in [0.3, 0.4) is 0 Å². The highest BCUT2D eigenvalue weighted by atomic mass is 16.5. The molecule has 1 aromatic carbocycles. The second-order valence-electron chi connectivity index (χ2n) is 6.48. The van der Waals surface area contributed by atoms with Crippen LogP contribution in [-0.4, -0.2) is 49.7 Å². The van der Waals surface area contributed by atoms with Gasteiger partial charge in [-0.1, -0.05) is 25.5 Å². The van der Waals surface area contributed by atoms with Gasteiger partial charge in [-0.25, -0.2) is 0 Å². The molecule has 0 aromatic heterocycles. The highest BCUT2D eigenvalue weighted by molar-refractivity contribution is 5.27. The first-order chi connectivity index (χ1) is 10.6. The number of aliphatic hydroxyl groups excluding tert-OH is 1. The summed E-state index contributed by atoms with van der Waals surface area (Å²) in [6, 6.07) is 8.18. The monoisotopic (exact) mass is 308 g/mol. The van der Waals surface area contributed by atoms with Gasteiger partial charge in [-0.3, -0.25) is 0 Å². The first kappa shape index (κ1) is 17.3. The van der Waals surface area contributed by atoms with Crippen molar-refractivity contribution >= 4 is 0 Å². The second-order valence-corrected chi connectivity index (χ2v) is 6.48. The Balaban J connectivity index is 1.73. The molecule has 0 aliphatic carbocycles. The molecule has 0 saturated carbocycles. The Hall–Kier alpha value is -1.10. The third-order valence-corrected chi connectivity index (χ3v) is 4.05. The van der Waals surface area contributed by atoms with Crippen molar-refractivity contribution in [3.05, 3.63) is 29.8 Å². The van der Waals surface area contributed by atoms with Crippen molar-refractivity contribution in [1.29, 1.82) is 0 Å². The molecule has 0 amide bonds. The van der Waals surface area contributed by atoms with Crippen molar-refractivity contribution in [2.45, 2.75) is 51.9 Å². The maximum absolute atomic E-state index is 10.2. The summed E-state index contributed by atoms with van der Waals surface area (Å²) in [6.07, 6.45) is 2.33. The van der Waals surface area contributed by atoms with Gasteiger partial charge >= 0.3 is 0 Å². The molecule has 0 unspecified atom stereocenters. The SMILES string of the molecule is CCCc1ccc(OC[C@H](O)C[NH+]2C[C@@H](C)O[C@H](C)C2)cc1. The Bertz CT molecular complexity index is 424. The van der Waals surface area contributed by atoms with E-state index in [0.717, 1.165) is 31.7 Å². The zero-order valence-corrected chi connectivity index (χ0v) is 14.0. The summed E-state index contributed by atoms with van der Waals surface area (Å²) in [5, 5.41) is 10.2. The molecule has 1 aliphatic heterocycles. The minimum absolute atomic E-state index is 0.262. The number of aryl methyl sites for hydroxylation is 1. The fourth-order valence-corrected chi connectivity index (χ4v) is 3.18. The van der Waals surface area contributed by atoms with Crippen LogP contribution >= 0.6 is 0 Å². The zero-order chi connectivity index (χ0) is 15.9. The summed E-state index contributed by atoms with van der Waals surface area (Å²) in [5.74, 6) is 0.831. The molecule has 0 radical (unpaired) electrons. The summed E-state index contributed by atoms with van der Waals surface area (Å²) < 4.78 is 11.4. The van der Waals surface area contributed by atoms with Gasteiger partial charge in [0.15, 0.2) is 0 Å². The number of morpholine rings is 1. The first-order valence-corrected chi connectivity index (χ1v) is 8.45. The van der Waals surface area contributed by atoms with Crippen molar-refractivity contribution in [2.24, 2.45) is 0 Å². The van der Waals surface area contributed by atoms with E-state index in [1.807, 2.05) is 12.1 Å². The largest absolute Gasteiger partial charge is 0.491 e. The summed E-state index contributed by atoms with van der Waals surface area (Å²) in [6.45, 7) is 9.33. The molecule has 1 heterocycles. The zero-order valence-electron chi connectivity index (χ0n) is 14.0. The van der Waals surface area contributed by atoms with Crippen molar-refractivity contribution in [3.8, 4) is 5.75 Å². The number of aliphatic hydroxyl groups is 1. The maximum atomic E-state index is 10.2. The summed E-state index contributed by atoms with van der Waals surface area (Å²) in [4.78, 5) is 1.39. The van der Waals surface area contributed by atoms with Crippen LogP contribution in [0.4, 0.5) is 0 Å².